The van der Waals surface area contributed by atoms with E-state index in [0.29, 0.717) is 17.0 Å². The summed E-state index contributed by atoms with van der Waals surface area (Å²) in [6, 6.07) is 11.1. The highest BCUT2D eigenvalue weighted by molar-refractivity contribution is 7.92. The Hall–Kier alpha value is -2.59. The first-order chi connectivity index (χ1) is 13.8. The number of amides is 1. The number of nitrogens with zero attached hydrogens (tertiary/aromatic N) is 1. The monoisotopic (exact) mass is 454 g/mol. The number of benzene rings is 2. The van der Waals surface area contributed by atoms with Crippen molar-refractivity contribution in [3.63, 3.8) is 0 Å². The molecular formula is C20H26N2O6S2. The summed E-state index contributed by atoms with van der Waals surface area (Å²) < 4.78 is 54.2. The summed E-state index contributed by atoms with van der Waals surface area (Å²) in [7, 11) is -5.61. The van der Waals surface area contributed by atoms with Crippen molar-refractivity contribution >= 4 is 31.5 Å². The van der Waals surface area contributed by atoms with Crippen molar-refractivity contribution in [2.24, 2.45) is 0 Å². The van der Waals surface area contributed by atoms with E-state index in [0.717, 1.165) is 16.8 Å². The van der Waals surface area contributed by atoms with Gasteiger partial charge < -0.3 is 10.1 Å². The zero-order chi connectivity index (χ0) is 22.7. The standard InChI is InChI=1S/C20H26N2O6S2/c1-14(16-9-11-19(12-10-16)29(4,24)25)21-20(23)15(2)22(30(5,26)27)17-7-6-8-18(13-17)28-3/h6-15H,1-5H3,(H,21,23)/t14-,15+/m0/s1. The number of hydrogen-bond donors (Lipinski definition) is 1. The average Bonchev–Trinajstić information content (AvgIpc) is 2.66. The molecule has 0 aliphatic heterocycles. The van der Waals surface area contributed by atoms with Crippen LogP contribution in [0.2, 0.25) is 0 Å². The van der Waals surface area contributed by atoms with Gasteiger partial charge >= 0.3 is 0 Å². The molecule has 0 bridgehead atoms. The van der Waals surface area contributed by atoms with Gasteiger partial charge in [-0.15, -0.1) is 0 Å². The SMILES string of the molecule is COc1cccc(N([C@H](C)C(=O)N[C@@H](C)c2ccc(S(C)(=O)=O)cc2)S(C)(=O)=O)c1. The second-order valence-corrected chi connectivity index (χ2v) is 10.9. The summed E-state index contributed by atoms with van der Waals surface area (Å²) in [6.07, 6.45) is 2.15. The van der Waals surface area contributed by atoms with Gasteiger partial charge in [0.1, 0.15) is 11.8 Å². The lowest BCUT2D eigenvalue weighted by Crippen LogP contribution is -2.48. The number of anilines is 1. The largest absolute Gasteiger partial charge is 0.497 e. The van der Waals surface area contributed by atoms with Crippen LogP contribution in [0, 0.1) is 0 Å². The fourth-order valence-electron chi connectivity index (χ4n) is 2.98. The van der Waals surface area contributed by atoms with E-state index >= 15 is 0 Å². The molecule has 0 saturated carbocycles. The van der Waals surface area contributed by atoms with Crippen molar-refractivity contribution in [3.05, 3.63) is 54.1 Å². The fraction of sp³-hybridized carbons (Fsp3) is 0.350. The highest BCUT2D eigenvalue weighted by atomic mass is 32.2. The van der Waals surface area contributed by atoms with E-state index in [9.17, 15) is 21.6 Å². The summed E-state index contributed by atoms with van der Waals surface area (Å²) in [5.41, 5.74) is 1.000. The van der Waals surface area contributed by atoms with Gasteiger partial charge in [0.25, 0.3) is 0 Å². The lowest BCUT2D eigenvalue weighted by molar-refractivity contribution is -0.122. The third-order valence-corrected chi connectivity index (χ3v) is 6.93. The van der Waals surface area contributed by atoms with Gasteiger partial charge in [0.05, 0.1) is 30.0 Å². The number of carbonyl (C=O) groups is 1. The molecule has 164 valence electrons. The van der Waals surface area contributed by atoms with E-state index in [1.165, 1.54) is 32.2 Å². The minimum atomic E-state index is -3.76. The first kappa shape index (κ1) is 23.7. The van der Waals surface area contributed by atoms with Crippen molar-refractivity contribution in [1.82, 2.24) is 5.32 Å². The maximum atomic E-state index is 12.8. The zero-order valence-corrected chi connectivity index (χ0v) is 19.1. The van der Waals surface area contributed by atoms with Crippen molar-refractivity contribution in [2.45, 2.75) is 30.8 Å². The van der Waals surface area contributed by atoms with Crippen LogP contribution < -0.4 is 14.4 Å². The van der Waals surface area contributed by atoms with Gasteiger partial charge in [-0.25, -0.2) is 16.8 Å². The van der Waals surface area contributed by atoms with Crippen LogP contribution in [0.3, 0.4) is 0 Å². The Labute approximate surface area is 177 Å². The molecule has 2 rings (SSSR count). The summed E-state index contributed by atoms with van der Waals surface area (Å²) in [6.45, 7) is 3.23. The molecule has 2 atom stereocenters. The topological polar surface area (TPSA) is 110 Å². The van der Waals surface area contributed by atoms with Gasteiger partial charge in [0, 0.05) is 12.3 Å². The predicted octanol–water partition coefficient (Wildman–Crippen LogP) is 2.13. The van der Waals surface area contributed by atoms with Crippen molar-refractivity contribution in [3.8, 4) is 5.75 Å². The number of carbonyl (C=O) groups excluding carboxylic acids is 1. The molecule has 0 aromatic heterocycles. The highest BCUT2D eigenvalue weighted by Gasteiger charge is 2.30. The molecule has 2 aromatic carbocycles. The summed E-state index contributed by atoms with van der Waals surface area (Å²) in [5.74, 6) is -0.0315. The molecule has 10 heteroatoms. The summed E-state index contributed by atoms with van der Waals surface area (Å²) in [5, 5.41) is 2.78. The Morgan fingerprint density at radius 1 is 1.00 bits per heavy atom. The van der Waals surface area contributed by atoms with Crippen LogP contribution >= 0.6 is 0 Å². The molecule has 0 fully saturated rings. The van der Waals surface area contributed by atoms with E-state index in [2.05, 4.69) is 5.32 Å². The smallest absolute Gasteiger partial charge is 0.244 e. The molecule has 0 unspecified atom stereocenters. The van der Waals surface area contributed by atoms with Gasteiger partial charge in [-0.2, -0.15) is 0 Å². The molecule has 0 saturated heterocycles. The molecule has 8 nitrogen and oxygen atoms in total. The van der Waals surface area contributed by atoms with E-state index in [-0.39, 0.29) is 4.90 Å². The average molecular weight is 455 g/mol. The van der Waals surface area contributed by atoms with Crippen molar-refractivity contribution in [1.29, 1.82) is 0 Å². The normalized spacial score (nSPS) is 13.9. The Bertz CT molecular complexity index is 1110. The first-order valence-corrected chi connectivity index (χ1v) is 12.8. The highest BCUT2D eigenvalue weighted by Crippen LogP contribution is 2.26. The number of hydrogen-bond acceptors (Lipinski definition) is 6. The van der Waals surface area contributed by atoms with Crippen LogP contribution in [0.15, 0.2) is 53.4 Å². The van der Waals surface area contributed by atoms with Crippen LogP contribution in [-0.4, -0.2) is 48.4 Å². The van der Waals surface area contributed by atoms with Gasteiger partial charge in [0.15, 0.2) is 9.84 Å². The molecule has 1 N–H and O–H groups in total. The minimum absolute atomic E-state index is 0.180. The molecule has 30 heavy (non-hydrogen) atoms. The molecule has 2 aromatic rings. The van der Waals surface area contributed by atoms with Crippen LogP contribution in [0.1, 0.15) is 25.5 Å². The molecule has 0 spiro atoms. The van der Waals surface area contributed by atoms with Crippen LogP contribution in [0.4, 0.5) is 5.69 Å². The quantitative estimate of drug-likeness (QED) is 0.654. The molecule has 0 radical (unpaired) electrons. The Balaban J connectivity index is 2.24. The number of nitrogens with one attached hydrogen (secondary N) is 1. The predicted molar refractivity (Wildman–Crippen MR) is 116 cm³/mol. The summed E-state index contributed by atoms with van der Waals surface area (Å²) >= 11 is 0. The Kier molecular flexibility index (Phi) is 7.14. The molecule has 1 amide bonds. The van der Waals surface area contributed by atoms with Crippen LogP contribution in [0.25, 0.3) is 0 Å². The number of methoxy groups -OCH3 is 1. The van der Waals surface area contributed by atoms with Gasteiger partial charge in [-0.3, -0.25) is 9.10 Å². The minimum Gasteiger partial charge on any atom is -0.497 e. The van der Waals surface area contributed by atoms with E-state index in [4.69, 9.17) is 4.74 Å². The van der Waals surface area contributed by atoms with Crippen LogP contribution in [0.5, 0.6) is 5.75 Å². The molecule has 0 aliphatic carbocycles. The second-order valence-electron chi connectivity index (χ2n) is 7.01. The number of rotatable bonds is 8. The maximum Gasteiger partial charge on any atom is 0.244 e. The number of sulfonamides is 1. The lowest BCUT2D eigenvalue weighted by Gasteiger charge is -2.29. The van der Waals surface area contributed by atoms with E-state index < -0.39 is 37.9 Å². The lowest BCUT2D eigenvalue weighted by atomic mass is 10.1. The van der Waals surface area contributed by atoms with Gasteiger partial charge in [-0.05, 0) is 43.7 Å². The first-order valence-electron chi connectivity index (χ1n) is 9.08. The molecule has 0 heterocycles. The third kappa shape index (κ3) is 5.73. The van der Waals surface area contributed by atoms with Gasteiger partial charge in [-0.1, -0.05) is 18.2 Å². The van der Waals surface area contributed by atoms with Crippen LogP contribution in [-0.2, 0) is 24.7 Å². The zero-order valence-electron chi connectivity index (χ0n) is 17.5. The molecular weight excluding hydrogens is 428 g/mol. The Morgan fingerprint density at radius 2 is 1.60 bits per heavy atom. The third-order valence-electron chi connectivity index (χ3n) is 4.56. The van der Waals surface area contributed by atoms with E-state index in [1.54, 1.807) is 37.3 Å². The van der Waals surface area contributed by atoms with Crippen molar-refractivity contribution < 1.29 is 26.4 Å². The summed E-state index contributed by atoms with van der Waals surface area (Å²) in [4.78, 5) is 13.0. The Morgan fingerprint density at radius 3 is 2.10 bits per heavy atom. The molecule has 0 aliphatic rings. The van der Waals surface area contributed by atoms with Crippen molar-refractivity contribution in [2.75, 3.05) is 23.9 Å². The fourth-order valence-corrected chi connectivity index (χ4v) is 4.77. The maximum absolute atomic E-state index is 12.8. The van der Waals surface area contributed by atoms with Gasteiger partial charge in [0.2, 0.25) is 15.9 Å². The van der Waals surface area contributed by atoms with E-state index in [1.807, 2.05) is 0 Å². The second kappa shape index (κ2) is 9.05. The number of ether oxygens (including phenoxy) is 1. The number of sulfone groups is 1.